The summed E-state index contributed by atoms with van der Waals surface area (Å²) < 4.78 is 0. The van der Waals surface area contributed by atoms with Crippen molar-refractivity contribution in [3.05, 3.63) is 94.5 Å². The number of carboxylic acid groups (broad SMARTS) is 1. The molecule has 0 saturated carbocycles. The number of carboxylic acids is 1. The van der Waals surface area contributed by atoms with Crippen molar-refractivity contribution < 1.29 is 19.5 Å². The first-order chi connectivity index (χ1) is 16.7. The Morgan fingerprint density at radius 1 is 1.03 bits per heavy atom. The number of hydrogen-bond acceptors (Lipinski definition) is 4. The van der Waals surface area contributed by atoms with Crippen LogP contribution in [0.1, 0.15) is 45.5 Å². The number of amides is 2. The van der Waals surface area contributed by atoms with Gasteiger partial charge in [0.15, 0.2) is 6.19 Å². The zero-order valence-electron chi connectivity index (χ0n) is 19.2. The number of aromatic carboxylic acids is 1. The van der Waals surface area contributed by atoms with Gasteiger partial charge in [0.25, 0.3) is 11.8 Å². The predicted molar refractivity (Wildman–Crippen MR) is 133 cm³/mol. The molecule has 0 spiro atoms. The van der Waals surface area contributed by atoms with Gasteiger partial charge in [0, 0.05) is 23.2 Å². The van der Waals surface area contributed by atoms with E-state index in [4.69, 9.17) is 16.9 Å². The Morgan fingerprint density at radius 3 is 2.26 bits per heavy atom. The highest BCUT2D eigenvalue weighted by Crippen LogP contribution is 2.29. The van der Waals surface area contributed by atoms with Crippen LogP contribution in [0.25, 0.3) is 11.1 Å². The molecule has 3 aromatic carbocycles. The molecule has 2 unspecified atom stereocenters. The van der Waals surface area contributed by atoms with E-state index < -0.39 is 23.8 Å². The van der Waals surface area contributed by atoms with Crippen molar-refractivity contribution in [2.45, 2.75) is 25.3 Å². The summed E-state index contributed by atoms with van der Waals surface area (Å²) in [7, 11) is 1.36. The molecule has 0 aliphatic carbocycles. The van der Waals surface area contributed by atoms with Crippen molar-refractivity contribution in [3.8, 4) is 17.3 Å². The van der Waals surface area contributed by atoms with Crippen LogP contribution in [-0.2, 0) is 4.79 Å². The van der Waals surface area contributed by atoms with Crippen LogP contribution in [0.4, 0.5) is 0 Å². The molecule has 0 aliphatic rings. The molecule has 178 valence electrons. The van der Waals surface area contributed by atoms with Crippen molar-refractivity contribution in [2.75, 3.05) is 7.05 Å². The highest BCUT2D eigenvalue weighted by molar-refractivity contribution is 6.33. The molecule has 2 N–H and O–H groups in total. The van der Waals surface area contributed by atoms with Crippen LogP contribution in [0, 0.1) is 11.5 Å². The molecule has 3 rings (SSSR count). The Hall–Kier alpha value is -4.15. The summed E-state index contributed by atoms with van der Waals surface area (Å²) in [6.45, 7) is 1.96. The van der Waals surface area contributed by atoms with Crippen molar-refractivity contribution >= 4 is 29.4 Å². The van der Waals surface area contributed by atoms with Crippen molar-refractivity contribution in [1.82, 2.24) is 10.2 Å². The van der Waals surface area contributed by atoms with Crippen molar-refractivity contribution in [1.29, 1.82) is 5.26 Å². The summed E-state index contributed by atoms with van der Waals surface area (Å²) in [5.41, 5.74) is 2.60. The lowest BCUT2D eigenvalue weighted by Crippen LogP contribution is -2.46. The van der Waals surface area contributed by atoms with E-state index in [1.54, 1.807) is 30.5 Å². The maximum atomic E-state index is 13.0. The van der Waals surface area contributed by atoms with Gasteiger partial charge < -0.3 is 10.4 Å². The molecule has 35 heavy (non-hydrogen) atoms. The third-order valence-corrected chi connectivity index (χ3v) is 6.04. The minimum atomic E-state index is -1.07. The lowest BCUT2D eigenvalue weighted by molar-refractivity contribution is -0.129. The molecule has 0 aliphatic heterocycles. The smallest absolute Gasteiger partial charge is 0.335 e. The van der Waals surface area contributed by atoms with E-state index in [1.807, 2.05) is 37.3 Å². The predicted octanol–water partition coefficient (Wildman–Crippen LogP) is 4.94. The summed E-state index contributed by atoms with van der Waals surface area (Å²) in [4.78, 5) is 38.0. The number of carbonyl (C=O) groups is 3. The summed E-state index contributed by atoms with van der Waals surface area (Å²) >= 11 is 6.24. The van der Waals surface area contributed by atoms with Gasteiger partial charge in [0.05, 0.1) is 5.56 Å². The fourth-order valence-corrected chi connectivity index (χ4v) is 3.92. The third kappa shape index (κ3) is 6.25. The molecule has 0 heterocycles. The van der Waals surface area contributed by atoms with Crippen LogP contribution in [0.15, 0.2) is 72.8 Å². The monoisotopic (exact) mass is 489 g/mol. The first kappa shape index (κ1) is 25.5. The maximum absolute atomic E-state index is 13.0. The lowest BCUT2D eigenvalue weighted by Gasteiger charge is -2.23. The third-order valence-electron chi connectivity index (χ3n) is 5.71. The van der Waals surface area contributed by atoms with Gasteiger partial charge in [-0.3, -0.25) is 14.5 Å². The van der Waals surface area contributed by atoms with Gasteiger partial charge in [-0.1, -0.05) is 61.0 Å². The minimum absolute atomic E-state index is 0.0384. The molecule has 0 radical (unpaired) electrons. The van der Waals surface area contributed by atoms with Crippen LogP contribution in [0.3, 0.4) is 0 Å². The Morgan fingerprint density at radius 2 is 1.66 bits per heavy atom. The van der Waals surface area contributed by atoms with Gasteiger partial charge in [-0.25, -0.2) is 4.79 Å². The van der Waals surface area contributed by atoms with Gasteiger partial charge in [0.1, 0.15) is 6.04 Å². The van der Waals surface area contributed by atoms with E-state index in [0.29, 0.717) is 28.1 Å². The number of nitrogens with zero attached hydrogens (tertiary/aromatic N) is 2. The largest absolute Gasteiger partial charge is 0.478 e. The van der Waals surface area contributed by atoms with Crippen molar-refractivity contribution in [3.63, 3.8) is 0 Å². The van der Waals surface area contributed by atoms with E-state index in [2.05, 4.69) is 5.32 Å². The Balaban J connectivity index is 1.81. The second-order valence-corrected chi connectivity index (χ2v) is 8.56. The van der Waals surface area contributed by atoms with Gasteiger partial charge in [0.2, 0.25) is 0 Å². The Labute approximate surface area is 208 Å². The number of halogens is 1. The van der Waals surface area contributed by atoms with Gasteiger partial charge >= 0.3 is 5.97 Å². The summed E-state index contributed by atoms with van der Waals surface area (Å²) in [6, 6.07) is 19.6. The number of benzene rings is 3. The van der Waals surface area contributed by atoms with E-state index in [1.165, 1.54) is 25.2 Å². The van der Waals surface area contributed by atoms with Gasteiger partial charge in [-0.15, -0.1) is 0 Å². The zero-order valence-corrected chi connectivity index (χ0v) is 20.0. The van der Waals surface area contributed by atoms with E-state index in [0.717, 1.165) is 10.5 Å². The molecule has 7 nitrogen and oxygen atoms in total. The highest BCUT2D eigenvalue weighted by Gasteiger charge is 2.27. The number of likely N-dealkylation sites (N-methyl/N-ethyl adjacent to an activating group) is 1. The van der Waals surface area contributed by atoms with E-state index in [-0.39, 0.29) is 11.5 Å². The maximum Gasteiger partial charge on any atom is 0.335 e. The summed E-state index contributed by atoms with van der Waals surface area (Å²) in [5, 5.41) is 21.5. The minimum Gasteiger partial charge on any atom is -0.478 e. The first-order valence-corrected chi connectivity index (χ1v) is 11.3. The highest BCUT2D eigenvalue weighted by atomic mass is 35.5. The quantitative estimate of drug-likeness (QED) is 0.344. The fraction of sp³-hybridized carbons (Fsp3) is 0.185. The first-order valence-electron chi connectivity index (χ1n) is 10.9. The second kappa shape index (κ2) is 11.3. The number of rotatable bonds is 8. The molecule has 0 aromatic heterocycles. The topological polar surface area (TPSA) is 110 Å². The molecule has 0 fully saturated rings. The summed E-state index contributed by atoms with van der Waals surface area (Å²) in [6.07, 6.45) is 2.11. The fourth-order valence-electron chi connectivity index (χ4n) is 3.70. The zero-order chi connectivity index (χ0) is 25.5. The van der Waals surface area contributed by atoms with Crippen LogP contribution < -0.4 is 5.32 Å². The normalized spacial score (nSPS) is 12.2. The van der Waals surface area contributed by atoms with Crippen LogP contribution in [0.5, 0.6) is 0 Å². The molecule has 3 aromatic rings. The molecule has 8 heteroatoms. The molecule has 2 atom stereocenters. The number of nitriles is 1. The Bertz CT molecular complexity index is 1270. The molecular weight excluding hydrogens is 466 g/mol. The molecule has 2 amide bonds. The molecule has 0 saturated heterocycles. The number of hydrogen-bond donors (Lipinski definition) is 2. The van der Waals surface area contributed by atoms with E-state index in [9.17, 15) is 19.5 Å². The van der Waals surface area contributed by atoms with Crippen LogP contribution >= 0.6 is 11.6 Å². The molecular formula is C27H24ClN3O4. The molecule has 0 bridgehead atoms. The van der Waals surface area contributed by atoms with Crippen LogP contribution in [0.2, 0.25) is 5.02 Å². The average Bonchev–Trinajstić information content (AvgIpc) is 2.88. The van der Waals surface area contributed by atoms with Crippen molar-refractivity contribution in [2.24, 2.45) is 0 Å². The van der Waals surface area contributed by atoms with Crippen LogP contribution in [-0.4, -0.2) is 40.9 Å². The average molecular weight is 490 g/mol. The van der Waals surface area contributed by atoms with Gasteiger partial charge in [-0.2, -0.15) is 5.26 Å². The second-order valence-electron chi connectivity index (χ2n) is 8.15. The SMILES string of the molecule is CC(CC(NC(=O)c1ccc(-c2cc(C(=O)O)ccc2Cl)cc1)C(=O)N(C)C#N)c1ccccc1. The van der Waals surface area contributed by atoms with E-state index >= 15 is 0 Å². The standard InChI is InChI=1S/C27H24ClN3O4/c1-17(18-6-4-3-5-7-18)14-24(26(33)31(2)16-29)30-25(32)20-10-8-19(9-11-20)22-15-21(27(34)35)12-13-23(22)28/h3-13,15,17,24H,14H2,1-2H3,(H,30,32)(H,34,35). The number of carbonyl (C=O) groups excluding carboxylic acids is 2. The number of nitrogens with one attached hydrogen (secondary N) is 1. The summed E-state index contributed by atoms with van der Waals surface area (Å²) in [5.74, 6) is -2.07. The lowest BCUT2D eigenvalue weighted by atomic mass is 9.93. The Kier molecular flexibility index (Phi) is 8.24. The van der Waals surface area contributed by atoms with Gasteiger partial charge in [-0.05, 0) is 53.8 Å².